The summed E-state index contributed by atoms with van der Waals surface area (Å²) in [5.41, 5.74) is 0.450. The lowest BCUT2D eigenvalue weighted by atomic mass is 9.80. The molecule has 0 aromatic heterocycles. The highest BCUT2D eigenvalue weighted by atomic mass is 16.5. The second-order valence-corrected chi connectivity index (χ2v) is 6.79. The highest BCUT2D eigenvalue weighted by Gasteiger charge is 2.40. The van der Waals surface area contributed by atoms with Crippen LogP contribution in [-0.4, -0.2) is 48.8 Å². The lowest BCUT2D eigenvalue weighted by Gasteiger charge is -2.46. The molecule has 1 aliphatic heterocycles. The average molecular weight is 266 g/mol. The van der Waals surface area contributed by atoms with Crippen molar-refractivity contribution in [2.45, 2.75) is 76.0 Å². The Morgan fingerprint density at radius 1 is 1.16 bits per heavy atom. The molecule has 3 heteroatoms. The van der Waals surface area contributed by atoms with Crippen LogP contribution in [0.15, 0.2) is 0 Å². The molecule has 1 spiro atoms. The molecule has 3 rings (SSSR count). The summed E-state index contributed by atoms with van der Waals surface area (Å²) in [6, 6.07) is 0.801. The van der Waals surface area contributed by atoms with Crippen LogP contribution in [0.5, 0.6) is 0 Å². The van der Waals surface area contributed by atoms with E-state index in [0.29, 0.717) is 11.6 Å². The average Bonchev–Trinajstić information content (AvgIpc) is 2.57. The van der Waals surface area contributed by atoms with Crippen LogP contribution in [0.2, 0.25) is 0 Å². The normalized spacial score (nSPS) is 35.8. The van der Waals surface area contributed by atoms with Crippen molar-refractivity contribution in [3.63, 3.8) is 0 Å². The lowest BCUT2D eigenvalue weighted by Crippen LogP contribution is -2.57. The Balaban J connectivity index is 1.56. The number of hydrogen-bond donors (Lipinski definition) is 1. The van der Waals surface area contributed by atoms with Crippen molar-refractivity contribution in [2.24, 2.45) is 0 Å². The van der Waals surface area contributed by atoms with Crippen LogP contribution in [0, 0.1) is 0 Å². The molecule has 0 bridgehead atoms. The zero-order chi connectivity index (χ0) is 13.1. The van der Waals surface area contributed by atoms with Crippen LogP contribution in [0.1, 0.15) is 58.3 Å². The van der Waals surface area contributed by atoms with Gasteiger partial charge in [0.25, 0.3) is 0 Å². The molecule has 110 valence electrons. The maximum atomic E-state index is 5.72. The summed E-state index contributed by atoms with van der Waals surface area (Å²) in [5, 5.41) is 3.89. The fourth-order valence-electron chi connectivity index (χ4n) is 4.24. The van der Waals surface area contributed by atoms with Crippen molar-refractivity contribution in [3.05, 3.63) is 0 Å². The smallest absolute Gasteiger partial charge is 0.0604 e. The number of hydrogen-bond acceptors (Lipinski definition) is 3. The molecule has 1 heterocycles. The minimum Gasteiger partial charge on any atom is -0.378 e. The topological polar surface area (TPSA) is 24.5 Å². The van der Waals surface area contributed by atoms with Crippen molar-refractivity contribution in [1.29, 1.82) is 0 Å². The largest absolute Gasteiger partial charge is 0.378 e. The Kier molecular flexibility index (Phi) is 4.45. The summed E-state index contributed by atoms with van der Waals surface area (Å²) in [5.74, 6) is 0. The van der Waals surface area contributed by atoms with E-state index < -0.39 is 0 Å². The van der Waals surface area contributed by atoms with E-state index in [9.17, 15) is 0 Å². The van der Waals surface area contributed by atoms with E-state index in [1.165, 1.54) is 71.0 Å². The summed E-state index contributed by atoms with van der Waals surface area (Å²) in [6.45, 7) is 6.79. The van der Waals surface area contributed by atoms with E-state index in [-0.39, 0.29) is 0 Å². The minimum atomic E-state index is 0.450. The second-order valence-electron chi connectivity index (χ2n) is 6.79. The summed E-state index contributed by atoms with van der Waals surface area (Å²) >= 11 is 0. The van der Waals surface area contributed by atoms with Gasteiger partial charge < -0.3 is 10.1 Å². The molecule has 3 nitrogen and oxygen atoms in total. The Morgan fingerprint density at radius 3 is 2.68 bits per heavy atom. The molecule has 0 aromatic rings. The Bertz CT molecular complexity index is 282. The van der Waals surface area contributed by atoms with Crippen molar-refractivity contribution in [3.8, 4) is 0 Å². The summed E-state index contributed by atoms with van der Waals surface area (Å²) in [4.78, 5) is 2.78. The van der Waals surface area contributed by atoms with Gasteiger partial charge in [0, 0.05) is 24.7 Å². The summed E-state index contributed by atoms with van der Waals surface area (Å²) in [6.07, 6.45) is 11.5. The molecule has 2 aliphatic carbocycles. The van der Waals surface area contributed by atoms with Gasteiger partial charge in [-0.1, -0.05) is 19.3 Å². The third-order valence-electron chi connectivity index (χ3n) is 5.43. The first-order chi connectivity index (χ1) is 9.31. The van der Waals surface area contributed by atoms with Gasteiger partial charge in [0.2, 0.25) is 0 Å². The van der Waals surface area contributed by atoms with Gasteiger partial charge >= 0.3 is 0 Å². The number of ether oxygens (including phenoxy) is 1. The zero-order valence-electron chi connectivity index (χ0n) is 12.5. The van der Waals surface area contributed by atoms with Crippen molar-refractivity contribution < 1.29 is 4.74 Å². The quantitative estimate of drug-likeness (QED) is 0.849. The third-order valence-corrected chi connectivity index (χ3v) is 5.43. The molecule has 2 saturated carbocycles. The van der Waals surface area contributed by atoms with Gasteiger partial charge in [0.05, 0.1) is 6.10 Å². The van der Waals surface area contributed by atoms with Crippen LogP contribution in [0.4, 0.5) is 0 Å². The van der Waals surface area contributed by atoms with Crippen LogP contribution >= 0.6 is 0 Å². The molecule has 3 aliphatic rings. The first kappa shape index (κ1) is 13.8. The first-order valence-corrected chi connectivity index (χ1v) is 8.42. The second kappa shape index (κ2) is 6.11. The van der Waals surface area contributed by atoms with Gasteiger partial charge in [-0.15, -0.1) is 0 Å². The lowest BCUT2D eigenvalue weighted by molar-refractivity contribution is -0.0512. The fraction of sp³-hybridized carbons (Fsp3) is 1.00. The molecule has 0 amide bonds. The molecule has 1 N–H and O–H groups in total. The van der Waals surface area contributed by atoms with E-state index in [1.807, 2.05) is 0 Å². The molecule has 19 heavy (non-hydrogen) atoms. The van der Waals surface area contributed by atoms with Crippen molar-refractivity contribution in [1.82, 2.24) is 10.2 Å². The van der Waals surface area contributed by atoms with E-state index in [1.54, 1.807) is 0 Å². The fourth-order valence-corrected chi connectivity index (χ4v) is 4.24. The molecule has 0 atom stereocenters. The van der Waals surface area contributed by atoms with Crippen LogP contribution in [-0.2, 0) is 4.74 Å². The molecule has 0 aromatic carbocycles. The molecular formula is C16H30N2O. The van der Waals surface area contributed by atoms with Crippen molar-refractivity contribution >= 4 is 0 Å². The SMILES string of the molecule is CCOC1CC(N2CCCNC3(CCCCC3)C2)C1. The highest BCUT2D eigenvalue weighted by Crippen LogP contribution is 2.35. The summed E-state index contributed by atoms with van der Waals surface area (Å²) < 4.78 is 5.72. The molecular weight excluding hydrogens is 236 g/mol. The molecule has 3 fully saturated rings. The van der Waals surface area contributed by atoms with E-state index >= 15 is 0 Å². The Morgan fingerprint density at radius 2 is 1.95 bits per heavy atom. The maximum Gasteiger partial charge on any atom is 0.0604 e. The van der Waals surface area contributed by atoms with Gasteiger partial charge in [-0.25, -0.2) is 0 Å². The van der Waals surface area contributed by atoms with E-state index in [2.05, 4.69) is 17.1 Å². The zero-order valence-corrected chi connectivity index (χ0v) is 12.5. The predicted octanol–water partition coefficient (Wildman–Crippen LogP) is 2.55. The van der Waals surface area contributed by atoms with E-state index in [4.69, 9.17) is 4.74 Å². The number of nitrogens with zero attached hydrogens (tertiary/aromatic N) is 1. The van der Waals surface area contributed by atoms with Gasteiger partial charge in [-0.05, 0) is 52.1 Å². The monoisotopic (exact) mass is 266 g/mol. The Hall–Kier alpha value is -0.120. The van der Waals surface area contributed by atoms with Crippen LogP contribution < -0.4 is 5.32 Å². The number of nitrogens with one attached hydrogen (secondary N) is 1. The van der Waals surface area contributed by atoms with E-state index in [0.717, 1.165) is 12.6 Å². The van der Waals surface area contributed by atoms with Crippen LogP contribution in [0.25, 0.3) is 0 Å². The molecule has 1 saturated heterocycles. The van der Waals surface area contributed by atoms with Gasteiger partial charge in [-0.3, -0.25) is 4.90 Å². The Labute approximate surface area is 118 Å². The summed E-state index contributed by atoms with van der Waals surface area (Å²) in [7, 11) is 0. The first-order valence-electron chi connectivity index (χ1n) is 8.42. The molecule has 0 unspecified atom stereocenters. The standard InChI is InChI=1S/C16H30N2O/c1-2-19-15-11-14(12-15)18-10-6-9-17-16(13-18)7-4-3-5-8-16/h14-15,17H,2-13H2,1H3. The van der Waals surface area contributed by atoms with Crippen LogP contribution in [0.3, 0.4) is 0 Å². The van der Waals surface area contributed by atoms with Gasteiger partial charge in [0.15, 0.2) is 0 Å². The third kappa shape index (κ3) is 3.14. The predicted molar refractivity (Wildman–Crippen MR) is 78.4 cm³/mol. The number of rotatable bonds is 3. The van der Waals surface area contributed by atoms with Crippen molar-refractivity contribution in [2.75, 3.05) is 26.2 Å². The minimum absolute atomic E-state index is 0.450. The highest BCUT2D eigenvalue weighted by molar-refractivity contribution is 4.99. The van der Waals surface area contributed by atoms with Gasteiger partial charge in [0.1, 0.15) is 0 Å². The maximum absolute atomic E-state index is 5.72. The molecule has 0 radical (unpaired) electrons. The van der Waals surface area contributed by atoms with Gasteiger partial charge in [-0.2, -0.15) is 0 Å².